The topological polar surface area (TPSA) is 84.3 Å². The first-order valence-electron chi connectivity index (χ1n) is 9.20. The summed E-state index contributed by atoms with van der Waals surface area (Å²) in [6.45, 7) is 0.717. The van der Waals surface area contributed by atoms with Crippen molar-refractivity contribution in [3.05, 3.63) is 93.9 Å². The zero-order chi connectivity index (χ0) is 20.5. The molecule has 0 aliphatic rings. The molecule has 146 valence electrons. The SMILES string of the molecule is COC(=O)c1ccc(C=C(CCOc2cccc3ccccc23)CN=[N+]=[N-])cc1. The fraction of sp³-hybridized carbons (Fsp3) is 0.174. The zero-order valence-electron chi connectivity index (χ0n) is 16.1. The van der Waals surface area contributed by atoms with Crippen LogP contribution in [0.4, 0.5) is 0 Å². The molecule has 3 rings (SSSR count). The molecule has 6 heteroatoms. The Morgan fingerprint density at radius 2 is 1.83 bits per heavy atom. The number of hydrogen-bond donors (Lipinski definition) is 0. The van der Waals surface area contributed by atoms with Crippen molar-refractivity contribution >= 4 is 22.8 Å². The van der Waals surface area contributed by atoms with Crippen LogP contribution in [0.2, 0.25) is 0 Å². The third-order valence-electron chi connectivity index (χ3n) is 4.47. The first-order chi connectivity index (χ1) is 14.2. The number of hydrogen-bond acceptors (Lipinski definition) is 4. The molecule has 3 aromatic rings. The highest BCUT2D eigenvalue weighted by atomic mass is 16.5. The molecule has 0 fully saturated rings. The molecule has 0 radical (unpaired) electrons. The Hall–Kier alpha value is -3.76. The minimum absolute atomic E-state index is 0.258. The summed E-state index contributed by atoms with van der Waals surface area (Å²) in [6, 6.07) is 21.1. The first kappa shape index (κ1) is 20.0. The summed E-state index contributed by atoms with van der Waals surface area (Å²) in [5.74, 6) is 0.451. The van der Waals surface area contributed by atoms with E-state index in [4.69, 9.17) is 15.0 Å². The van der Waals surface area contributed by atoms with E-state index < -0.39 is 0 Å². The molecule has 6 nitrogen and oxygen atoms in total. The Kier molecular flexibility index (Phi) is 6.87. The molecule has 0 N–H and O–H groups in total. The summed E-state index contributed by atoms with van der Waals surface area (Å²) in [7, 11) is 1.35. The lowest BCUT2D eigenvalue weighted by Gasteiger charge is -2.11. The average Bonchev–Trinajstić information content (AvgIpc) is 2.77. The quantitative estimate of drug-likeness (QED) is 0.212. The molecule has 0 unspecified atom stereocenters. The predicted molar refractivity (Wildman–Crippen MR) is 114 cm³/mol. The molecule has 0 saturated heterocycles. The van der Waals surface area contributed by atoms with E-state index in [0.29, 0.717) is 18.6 Å². The van der Waals surface area contributed by atoms with Crippen molar-refractivity contribution in [2.75, 3.05) is 20.3 Å². The number of esters is 1. The van der Waals surface area contributed by atoms with Crippen molar-refractivity contribution in [1.29, 1.82) is 0 Å². The predicted octanol–water partition coefficient (Wildman–Crippen LogP) is 5.79. The Balaban J connectivity index is 1.71. The summed E-state index contributed by atoms with van der Waals surface area (Å²) in [6.07, 6.45) is 2.56. The molecular formula is C23H21N3O3. The molecule has 0 spiro atoms. The largest absolute Gasteiger partial charge is 0.493 e. The number of nitrogens with zero attached hydrogens (tertiary/aromatic N) is 3. The smallest absolute Gasteiger partial charge is 0.337 e. The van der Waals surface area contributed by atoms with E-state index in [1.165, 1.54) is 7.11 Å². The molecule has 0 aromatic heterocycles. The highest BCUT2D eigenvalue weighted by molar-refractivity contribution is 5.89. The van der Waals surface area contributed by atoms with Crippen molar-refractivity contribution in [3.8, 4) is 5.75 Å². The second-order valence-corrected chi connectivity index (χ2v) is 6.38. The van der Waals surface area contributed by atoms with Crippen LogP contribution in [0, 0.1) is 0 Å². The zero-order valence-corrected chi connectivity index (χ0v) is 16.1. The molecule has 0 aliphatic heterocycles. The van der Waals surface area contributed by atoms with Gasteiger partial charge < -0.3 is 9.47 Å². The molecule has 3 aromatic carbocycles. The molecule has 0 amide bonds. The van der Waals surface area contributed by atoms with Crippen molar-refractivity contribution in [3.63, 3.8) is 0 Å². The monoisotopic (exact) mass is 387 g/mol. The van der Waals surface area contributed by atoms with Crippen LogP contribution in [0.1, 0.15) is 22.3 Å². The van der Waals surface area contributed by atoms with Crippen molar-refractivity contribution in [2.45, 2.75) is 6.42 Å². The van der Waals surface area contributed by atoms with Crippen LogP contribution in [0.25, 0.3) is 27.3 Å². The summed E-state index contributed by atoms with van der Waals surface area (Å²) >= 11 is 0. The number of ether oxygens (including phenoxy) is 2. The minimum Gasteiger partial charge on any atom is -0.493 e. The van der Waals surface area contributed by atoms with Crippen molar-refractivity contribution < 1.29 is 14.3 Å². The lowest BCUT2D eigenvalue weighted by atomic mass is 10.1. The van der Waals surface area contributed by atoms with Gasteiger partial charge in [-0.15, -0.1) is 0 Å². The van der Waals surface area contributed by atoms with Gasteiger partial charge in [-0.2, -0.15) is 0 Å². The van der Waals surface area contributed by atoms with Gasteiger partial charge in [0, 0.05) is 23.3 Å². The van der Waals surface area contributed by atoms with Crippen LogP contribution in [0.5, 0.6) is 5.75 Å². The third-order valence-corrected chi connectivity index (χ3v) is 4.47. The lowest BCUT2D eigenvalue weighted by molar-refractivity contribution is 0.0600. The molecule has 29 heavy (non-hydrogen) atoms. The normalized spacial score (nSPS) is 11.0. The lowest BCUT2D eigenvalue weighted by Crippen LogP contribution is -2.02. The van der Waals surface area contributed by atoms with Gasteiger partial charge in [-0.25, -0.2) is 4.79 Å². The number of fused-ring (bicyclic) bond motifs is 1. The van der Waals surface area contributed by atoms with Crippen LogP contribution in [-0.4, -0.2) is 26.2 Å². The van der Waals surface area contributed by atoms with E-state index in [2.05, 4.69) is 10.0 Å². The molecule has 0 saturated carbocycles. The van der Waals surface area contributed by atoms with Crippen LogP contribution in [-0.2, 0) is 4.74 Å². The summed E-state index contributed by atoms with van der Waals surface area (Å²) in [4.78, 5) is 14.4. The fourth-order valence-corrected chi connectivity index (χ4v) is 3.00. The Labute approximate surface area is 169 Å². The maximum atomic E-state index is 11.5. The van der Waals surface area contributed by atoms with Gasteiger partial charge in [0.15, 0.2) is 0 Å². The van der Waals surface area contributed by atoms with E-state index in [0.717, 1.165) is 27.7 Å². The van der Waals surface area contributed by atoms with E-state index in [9.17, 15) is 4.79 Å². The van der Waals surface area contributed by atoms with Crippen LogP contribution in [0.3, 0.4) is 0 Å². The van der Waals surface area contributed by atoms with Gasteiger partial charge in [0.2, 0.25) is 0 Å². The number of carbonyl (C=O) groups excluding carboxylic acids is 1. The van der Waals surface area contributed by atoms with E-state index in [1.807, 2.05) is 60.7 Å². The summed E-state index contributed by atoms with van der Waals surface area (Å²) in [5.41, 5.74) is 11.0. The van der Waals surface area contributed by atoms with Crippen molar-refractivity contribution in [2.24, 2.45) is 5.11 Å². The standard InChI is InChI=1S/C23H21N3O3/c1-28-23(27)20-11-9-17(10-12-20)15-18(16-25-26-24)13-14-29-22-8-4-6-19-5-2-3-7-21(19)22/h2-12,15H,13-14,16H2,1H3. The Morgan fingerprint density at radius 3 is 2.59 bits per heavy atom. The second kappa shape index (κ2) is 9.97. The summed E-state index contributed by atoms with van der Waals surface area (Å²) in [5, 5.41) is 5.87. The fourth-order valence-electron chi connectivity index (χ4n) is 3.00. The maximum Gasteiger partial charge on any atom is 0.337 e. The van der Waals surface area contributed by atoms with Gasteiger partial charge in [-0.05, 0) is 34.7 Å². The maximum absolute atomic E-state index is 11.5. The number of carbonyl (C=O) groups is 1. The first-order valence-corrected chi connectivity index (χ1v) is 9.20. The van der Waals surface area contributed by atoms with Crippen LogP contribution >= 0.6 is 0 Å². The minimum atomic E-state index is -0.377. The van der Waals surface area contributed by atoms with Gasteiger partial charge in [0.1, 0.15) is 5.75 Å². The van der Waals surface area contributed by atoms with E-state index in [-0.39, 0.29) is 12.5 Å². The van der Waals surface area contributed by atoms with Gasteiger partial charge in [-0.3, -0.25) is 0 Å². The third kappa shape index (κ3) is 5.37. The molecule has 0 aliphatic carbocycles. The molecule has 0 heterocycles. The highest BCUT2D eigenvalue weighted by Crippen LogP contribution is 2.25. The van der Waals surface area contributed by atoms with Gasteiger partial charge in [-0.1, -0.05) is 65.3 Å². The van der Waals surface area contributed by atoms with E-state index >= 15 is 0 Å². The average molecular weight is 387 g/mol. The molecular weight excluding hydrogens is 366 g/mol. The number of benzene rings is 3. The van der Waals surface area contributed by atoms with Crippen LogP contribution < -0.4 is 4.74 Å². The van der Waals surface area contributed by atoms with Crippen molar-refractivity contribution in [1.82, 2.24) is 0 Å². The Morgan fingerprint density at radius 1 is 1.07 bits per heavy atom. The second-order valence-electron chi connectivity index (χ2n) is 6.38. The van der Waals surface area contributed by atoms with Gasteiger partial charge in [0.05, 0.1) is 19.3 Å². The number of methoxy groups -OCH3 is 1. The van der Waals surface area contributed by atoms with Gasteiger partial charge in [0.25, 0.3) is 0 Å². The molecule has 0 atom stereocenters. The number of rotatable bonds is 8. The highest BCUT2D eigenvalue weighted by Gasteiger charge is 2.05. The Bertz CT molecular complexity index is 1060. The van der Waals surface area contributed by atoms with E-state index in [1.54, 1.807) is 12.1 Å². The number of azide groups is 1. The van der Waals surface area contributed by atoms with Crippen LogP contribution in [0.15, 0.2) is 77.4 Å². The molecule has 0 bridgehead atoms. The summed E-state index contributed by atoms with van der Waals surface area (Å²) < 4.78 is 10.7. The van der Waals surface area contributed by atoms with Gasteiger partial charge >= 0.3 is 5.97 Å².